The van der Waals surface area contributed by atoms with Gasteiger partial charge in [0.25, 0.3) is 5.91 Å². The predicted molar refractivity (Wildman–Crippen MR) is 84.6 cm³/mol. The molecule has 0 aromatic heterocycles. The van der Waals surface area contributed by atoms with Crippen LogP contribution in [0.1, 0.15) is 11.1 Å². The number of halogens is 1. The van der Waals surface area contributed by atoms with Crippen LogP contribution in [-0.2, 0) is 11.3 Å². The Morgan fingerprint density at radius 3 is 2.57 bits per heavy atom. The van der Waals surface area contributed by atoms with Crippen molar-refractivity contribution >= 4 is 23.2 Å². The molecule has 0 unspecified atom stereocenters. The lowest BCUT2D eigenvalue weighted by atomic mass is 10.2. The van der Waals surface area contributed by atoms with Gasteiger partial charge in [-0.15, -0.1) is 0 Å². The maximum Gasteiger partial charge on any atom is 0.262 e. The second-order valence-corrected chi connectivity index (χ2v) is 5.08. The molecule has 1 amide bonds. The van der Waals surface area contributed by atoms with Crippen LogP contribution in [0, 0.1) is 6.92 Å². The summed E-state index contributed by atoms with van der Waals surface area (Å²) in [7, 11) is 0. The number of hydrogen-bond acceptors (Lipinski definition) is 3. The molecule has 0 fully saturated rings. The maximum absolute atomic E-state index is 11.8. The Morgan fingerprint density at radius 2 is 1.95 bits per heavy atom. The Balaban J connectivity index is 1.90. The van der Waals surface area contributed by atoms with Gasteiger partial charge >= 0.3 is 0 Å². The van der Waals surface area contributed by atoms with E-state index < -0.39 is 0 Å². The second kappa shape index (κ2) is 7.11. The standard InChI is InChI=1S/C16H17ClN2O2/c1-11-2-5-13(6-3-11)19-16(20)10-21-15-7-4-12(9-18)8-14(15)17/h2-8H,9-10,18H2,1H3,(H,19,20). The molecule has 0 atom stereocenters. The van der Waals surface area contributed by atoms with Gasteiger partial charge in [-0.1, -0.05) is 35.4 Å². The van der Waals surface area contributed by atoms with Crippen molar-refractivity contribution in [3.05, 3.63) is 58.6 Å². The number of anilines is 1. The fourth-order valence-electron chi connectivity index (χ4n) is 1.77. The summed E-state index contributed by atoms with van der Waals surface area (Å²) in [4.78, 5) is 11.8. The van der Waals surface area contributed by atoms with Gasteiger partial charge in [0, 0.05) is 12.2 Å². The zero-order chi connectivity index (χ0) is 15.2. The molecule has 3 N–H and O–H groups in total. The molecular weight excluding hydrogens is 288 g/mol. The van der Waals surface area contributed by atoms with E-state index in [2.05, 4.69) is 5.32 Å². The number of ether oxygens (including phenoxy) is 1. The normalized spacial score (nSPS) is 10.2. The van der Waals surface area contributed by atoms with Gasteiger partial charge in [0.2, 0.25) is 0 Å². The first kappa shape index (κ1) is 15.4. The van der Waals surface area contributed by atoms with Crippen molar-refractivity contribution < 1.29 is 9.53 Å². The molecule has 2 aromatic carbocycles. The topological polar surface area (TPSA) is 64.3 Å². The van der Waals surface area contributed by atoms with Crippen molar-refractivity contribution in [2.75, 3.05) is 11.9 Å². The van der Waals surface area contributed by atoms with Crippen molar-refractivity contribution in [1.82, 2.24) is 0 Å². The van der Waals surface area contributed by atoms with Crippen LogP contribution < -0.4 is 15.8 Å². The van der Waals surface area contributed by atoms with E-state index in [4.69, 9.17) is 22.1 Å². The summed E-state index contributed by atoms with van der Waals surface area (Å²) in [5.74, 6) is 0.228. The van der Waals surface area contributed by atoms with E-state index in [9.17, 15) is 4.79 Å². The minimum atomic E-state index is -0.238. The van der Waals surface area contributed by atoms with E-state index in [1.165, 1.54) is 0 Å². The Morgan fingerprint density at radius 1 is 1.24 bits per heavy atom. The Bertz CT molecular complexity index is 627. The minimum absolute atomic E-state index is 0.102. The van der Waals surface area contributed by atoms with Gasteiger partial charge in [-0.3, -0.25) is 4.79 Å². The van der Waals surface area contributed by atoms with Gasteiger partial charge in [-0.25, -0.2) is 0 Å². The third kappa shape index (κ3) is 4.48. The summed E-state index contributed by atoms with van der Waals surface area (Å²) in [5.41, 5.74) is 8.31. The lowest BCUT2D eigenvalue weighted by Gasteiger charge is -2.09. The number of rotatable bonds is 5. The lowest BCUT2D eigenvalue weighted by Crippen LogP contribution is -2.20. The molecule has 0 saturated carbocycles. The summed E-state index contributed by atoms with van der Waals surface area (Å²) in [6.07, 6.45) is 0. The molecule has 110 valence electrons. The Hall–Kier alpha value is -2.04. The number of nitrogens with two attached hydrogens (primary N) is 1. The van der Waals surface area contributed by atoms with Crippen LogP contribution in [0.5, 0.6) is 5.75 Å². The SMILES string of the molecule is Cc1ccc(NC(=O)COc2ccc(CN)cc2Cl)cc1. The largest absolute Gasteiger partial charge is 0.482 e. The molecule has 2 aromatic rings. The van der Waals surface area contributed by atoms with Crippen LogP contribution in [0.2, 0.25) is 5.02 Å². The van der Waals surface area contributed by atoms with Gasteiger partial charge in [-0.05, 0) is 36.8 Å². The van der Waals surface area contributed by atoms with Crippen LogP contribution in [0.4, 0.5) is 5.69 Å². The number of aryl methyl sites for hydroxylation is 1. The third-order valence-corrected chi connectivity index (χ3v) is 3.22. The molecule has 0 aliphatic rings. The molecule has 0 saturated heterocycles. The first-order valence-corrected chi connectivity index (χ1v) is 6.94. The van der Waals surface area contributed by atoms with Gasteiger partial charge in [0.15, 0.2) is 6.61 Å². The third-order valence-electron chi connectivity index (χ3n) is 2.93. The van der Waals surface area contributed by atoms with E-state index in [1.807, 2.05) is 37.3 Å². The second-order valence-electron chi connectivity index (χ2n) is 4.67. The summed E-state index contributed by atoms with van der Waals surface area (Å²) in [6, 6.07) is 12.8. The van der Waals surface area contributed by atoms with Gasteiger partial charge in [-0.2, -0.15) is 0 Å². The molecule has 0 bridgehead atoms. The van der Waals surface area contributed by atoms with Crippen LogP contribution >= 0.6 is 11.6 Å². The Kier molecular flexibility index (Phi) is 5.20. The predicted octanol–water partition coefficient (Wildman–Crippen LogP) is 3.12. The van der Waals surface area contributed by atoms with Crippen LogP contribution in [0.3, 0.4) is 0 Å². The van der Waals surface area contributed by atoms with Gasteiger partial charge in [0.1, 0.15) is 5.75 Å². The molecule has 0 spiro atoms. The van der Waals surface area contributed by atoms with E-state index in [1.54, 1.807) is 12.1 Å². The van der Waals surface area contributed by atoms with Crippen LogP contribution in [-0.4, -0.2) is 12.5 Å². The molecular formula is C16H17ClN2O2. The first-order valence-electron chi connectivity index (χ1n) is 6.56. The Labute approximate surface area is 128 Å². The van der Waals surface area contributed by atoms with E-state index in [0.717, 1.165) is 16.8 Å². The quantitative estimate of drug-likeness (QED) is 0.892. The number of carbonyl (C=O) groups is 1. The zero-order valence-corrected chi connectivity index (χ0v) is 12.5. The molecule has 0 aliphatic carbocycles. The fourth-order valence-corrected chi connectivity index (χ4v) is 2.02. The number of nitrogens with one attached hydrogen (secondary N) is 1. The fraction of sp³-hybridized carbons (Fsp3) is 0.188. The average Bonchev–Trinajstić information content (AvgIpc) is 2.48. The van der Waals surface area contributed by atoms with E-state index in [0.29, 0.717) is 17.3 Å². The zero-order valence-electron chi connectivity index (χ0n) is 11.7. The first-order chi connectivity index (χ1) is 10.1. The van der Waals surface area contributed by atoms with Gasteiger partial charge in [0.05, 0.1) is 5.02 Å². The lowest BCUT2D eigenvalue weighted by molar-refractivity contribution is -0.118. The maximum atomic E-state index is 11.8. The van der Waals surface area contributed by atoms with Crippen molar-refractivity contribution in [2.24, 2.45) is 5.73 Å². The summed E-state index contributed by atoms with van der Waals surface area (Å²) in [6.45, 7) is 2.30. The molecule has 21 heavy (non-hydrogen) atoms. The van der Waals surface area contributed by atoms with E-state index >= 15 is 0 Å². The minimum Gasteiger partial charge on any atom is -0.482 e. The van der Waals surface area contributed by atoms with Crippen molar-refractivity contribution in [3.63, 3.8) is 0 Å². The summed E-state index contributed by atoms with van der Waals surface area (Å²) in [5, 5.41) is 3.20. The molecule has 0 aliphatic heterocycles. The van der Waals surface area contributed by atoms with E-state index in [-0.39, 0.29) is 12.5 Å². The average molecular weight is 305 g/mol. The van der Waals surface area contributed by atoms with Crippen molar-refractivity contribution in [1.29, 1.82) is 0 Å². The summed E-state index contributed by atoms with van der Waals surface area (Å²) < 4.78 is 5.41. The monoisotopic (exact) mass is 304 g/mol. The number of benzene rings is 2. The van der Waals surface area contributed by atoms with Gasteiger partial charge < -0.3 is 15.8 Å². The highest BCUT2D eigenvalue weighted by Crippen LogP contribution is 2.25. The van der Waals surface area contributed by atoms with Crippen LogP contribution in [0.15, 0.2) is 42.5 Å². The van der Waals surface area contributed by atoms with Crippen molar-refractivity contribution in [3.8, 4) is 5.75 Å². The number of hydrogen-bond donors (Lipinski definition) is 2. The molecule has 5 heteroatoms. The molecule has 0 radical (unpaired) electrons. The van der Waals surface area contributed by atoms with Crippen LogP contribution in [0.25, 0.3) is 0 Å². The molecule has 0 heterocycles. The number of carbonyl (C=O) groups excluding carboxylic acids is 1. The highest BCUT2D eigenvalue weighted by atomic mass is 35.5. The number of amides is 1. The highest BCUT2D eigenvalue weighted by molar-refractivity contribution is 6.32. The highest BCUT2D eigenvalue weighted by Gasteiger charge is 2.07. The smallest absolute Gasteiger partial charge is 0.262 e. The van der Waals surface area contributed by atoms with Crippen molar-refractivity contribution in [2.45, 2.75) is 13.5 Å². The summed E-state index contributed by atoms with van der Waals surface area (Å²) >= 11 is 6.06. The molecule has 2 rings (SSSR count). The molecule has 4 nitrogen and oxygen atoms in total.